The third kappa shape index (κ3) is 6.05. The second kappa shape index (κ2) is 8.96. The molecule has 0 saturated carbocycles. The minimum Gasteiger partial charge on any atom is -0.598 e. The highest BCUT2D eigenvalue weighted by Crippen LogP contribution is 2.36. The van der Waals surface area contributed by atoms with E-state index in [9.17, 15) is 26.5 Å². The van der Waals surface area contributed by atoms with Gasteiger partial charge in [0.25, 0.3) is 0 Å². The van der Waals surface area contributed by atoms with Gasteiger partial charge >= 0.3 is 6.18 Å². The first-order valence-electron chi connectivity index (χ1n) is 8.47. The van der Waals surface area contributed by atoms with Crippen LogP contribution in [0.25, 0.3) is 0 Å². The summed E-state index contributed by atoms with van der Waals surface area (Å²) >= 11 is -1.97. The third-order valence-corrected chi connectivity index (χ3v) is 5.59. The molecule has 0 aliphatic rings. The molecule has 4 nitrogen and oxygen atoms in total. The maximum atomic E-state index is 14.8. The third-order valence-electron chi connectivity index (χ3n) is 3.90. The van der Waals surface area contributed by atoms with E-state index in [0.717, 1.165) is 5.01 Å². The summed E-state index contributed by atoms with van der Waals surface area (Å²) in [6.45, 7) is 4.72. The summed E-state index contributed by atoms with van der Waals surface area (Å²) in [6, 6.07) is 4.02. The van der Waals surface area contributed by atoms with E-state index in [0.29, 0.717) is 0 Å². The van der Waals surface area contributed by atoms with Crippen molar-refractivity contribution in [2.75, 3.05) is 20.8 Å². The molecule has 2 atom stereocenters. The molecular weight excluding hydrogens is 401 g/mol. The molecule has 0 amide bonds. The van der Waals surface area contributed by atoms with E-state index in [1.165, 1.54) is 39.2 Å². The smallest absolute Gasteiger partial charge is 0.431 e. The minimum absolute atomic E-state index is 0.136. The normalized spacial score (nSPS) is 16.6. The Morgan fingerprint density at radius 1 is 1.21 bits per heavy atom. The molecule has 0 bridgehead atoms. The van der Waals surface area contributed by atoms with Crippen LogP contribution in [0.4, 0.5) is 22.0 Å². The highest BCUT2D eigenvalue weighted by molar-refractivity contribution is 7.90. The zero-order valence-electron chi connectivity index (χ0n) is 16.7. The van der Waals surface area contributed by atoms with Crippen LogP contribution < -0.4 is 4.72 Å². The number of hydrogen-bond donors (Lipinski definition) is 1. The summed E-state index contributed by atoms with van der Waals surface area (Å²) in [7, 11) is 2.58. The Bertz CT molecular complexity index is 703. The summed E-state index contributed by atoms with van der Waals surface area (Å²) in [5, 5.41) is 4.35. The van der Waals surface area contributed by atoms with Gasteiger partial charge in [0.1, 0.15) is 28.5 Å². The van der Waals surface area contributed by atoms with Crippen molar-refractivity contribution in [1.29, 1.82) is 0 Å². The molecule has 1 rings (SSSR count). The first-order valence-corrected chi connectivity index (χ1v) is 9.62. The van der Waals surface area contributed by atoms with Gasteiger partial charge in [-0.05, 0) is 33.3 Å². The van der Waals surface area contributed by atoms with E-state index in [-0.39, 0.29) is 11.1 Å². The van der Waals surface area contributed by atoms with Gasteiger partial charge in [-0.15, -0.1) is 4.72 Å². The van der Waals surface area contributed by atoms with Gasteiger partial charge in [0.2, 0.25) is 0 Å². The van der Waals surface area contributed by atoms with E-state index < -0.39 is 52.4 Å². The standard InChI is InChI=1S/C18H26F5N3OS/c1-12-8-7-9-13(15(12)20)17(11-19,25-28(27)16(2,3)4)10-14(18(21,22)23)24-26(5)6/h7-9,25H,10-11H2,1-6H3/t17?,28-/m1/s1. The van der Waals surface area contributed by atoms with E-state index in [2.05, 4.69) is 9.82 Å². The lowest BCUT2D eigenvalue weighted by molar-refractivity contribution is -0.0631. The Kier molecular flexibility index (Phi) is 7.89. The van der Waals surface area contributed by atoms with Crippen molar-refractivity contribution in [2.45, 2.75) is 50.6 Å². The van der Waals surface area contributed by atoms with Crippen LogP contribution in [-0.4, -0.2) is 47.0 Å². The lowest BCUT2D eigenvalue weighted by Gasteiger charge is -2.37. The van der Waals surface area contributed by atoms with Crippen LogP contribution in [0.15, 0.2) is 23.3 Å². The molecule has 1 aromatic carbocycles. The van der Waals surface area contributed by atoms with E-state index in [1.807, 2.05) is 0 Å². The molecule has 0 aliphatic heterocycles. The number of hydrazone groups is 1. The van der Waals surface area contributed by atoms with Crippen molar-refractivity contribution >= 4 is 17.1 Å². The van der Waals surface area contributed by atoms with E-state index in [1.54, 1.807) is 20.8 Å². The number of hydrogen-bond acceptors (Lipinski definition) is 4. The molecule has 10 heteroatoms. The Labute approximate surface area is 165 Å². The quantitative estimate of drug-likeness (QED) is 0.307. The van der Waals surface area contributed by atoms with Crippen LogP contribution in [0.2, 0.25) is 0 Å². The second-order valence-corrected chi connectivity index (χ2v) is 9.67. The number of aryl methyl sites for hydroxylation is 1. The lowest BCUT2D eigenvalue weighted by atomic mass is 9.85. The molecule has 28 heavy (non-hydrogen) atoms. The molecule has 0 spiro atoms. The summed E-state index contributed by atoms with van der Waals surface area (Å²) in [6.07, 6.45) is -5.91. The Morgan fingerprint density at radius 2 is 1.79 bits per heavy atom. The monoisotopic (exact) mass is 427 g/mol. The molecule has 1 unspecified atom stereocenters. The van der Waals surface area contributed by atoms with Crippen LogP contribution in [0.3, 0.4) is 0 Å². The topological polar surface area (TPSA) is 50.7 Å². The number of rotatable bonds is 7. The van der Waals surface area contributed by atoms with Gasteiger partial charge in [0.15, 0.2) is 0 Å². The minimum atomic E-state index is -4.88. The number of benzene rings is 1. The van der Waals surface area contributed by atoms with Crippen molar-refractivity contribution < 1.29 is 26.5 Å². The Balaban J connectivity index is 3.64. The average molecular weight is 427 g/mol. The van der Waals surface area contributed by atoms with Gasteiger partial charge in [0.05, 0.1) is 0 Å². The summed E-state index contributed by atoms with van der Waals surface area (Å²) in [4.78, 5) is 0. The Morgan fingerprint density at radius 3 is 2.21 bits per heavy atom. The maximum absolute atomic E-state index is 14.8. The zero-order chi connectivity index (χ0) is 21.9. The fraction of sp³-hybridized carbons (Fsp3) is 0.611. The van der Waals surface area contributed by atoms with Crippen LogP contribution >= 0.6 is 0 Å². The van der Waals surface area contributed by atoms with Gasteiger partial charge < -0.3 is 9.56 Å². The van der Waals surface area contributed by atoms with Gasteiger partial charge in [-0.2, -0.15) is 18.3 Å². The molecule has 1 aromatic rings. The van der Waals surface area contributed by atoms with Crippen LogP contribution in [0.1, 0.15) is 38.3 Å². The second-order valence-electron chi connectivity index (χ2n) is 7.70. The molecule has 0 radical (unpaired) electrons. The average Bonchev–Trinajstić information content (AvgIpc) is 2.53. The summed E-state index contributed by atoms with van der Waals surface area (Å²) in [5.41, 5.74) is -3.71. The van der Waals surface area contributed by atoms with Crippen molar-refractivity contribution in [3.8, 4) is 0 Å². The van der Waals surface area contributed by atoms with Gasteiger partial charge in [0, 0.05) is 37.4 Å². The van der Waals surface area contributed by atoms with Gasteiger partial charge in [-0.1, -0.05) is 18.2 Å². The van der Waals surface area contributed by atoms with Gasteiger partial charge in [-0.25, -0.2) is 8.78 Å². The SMILES string of the molecule is Cc1cccc(C(CF)(CC(=NN(C)C)C(F)(F)F)N[S@+]([O-])C(C)(C)C)c1F. The first-order chi connectivity index (χ1) is 12.6. The fourth-order valence-electron chi connectivity index (χ4n) is 2.40. The highest BCUT2D eigenvalue weighted by atomic mass is 32.2. The number of nitrogens with zero attached hydrogens (tertiary/aromatic N) is 2. The lowest BCUT2D eigenvalue weighted by Crippen LogP contribution is -2.55. The van der Waals surface area contributed by atoms with Crippen molar-refractivity contribution in [1.82, 2.24) is 9.73 Å². The molecule has 160 valence electrons. The number of halogens is 5. The van der Waals surface area contributed by atoms with E-state index in [4.69, 9.17) is 0 Å². The number of nitrogens with one attached hydrogen (secondary N) is 1. The molecular formula is C18H26F5N3OS. The van der Waals surface area contributed by atoms with Crippen molar-refractivity contribution in [3.05, 3.63) is 35.1 Å². The summed E-state index contributed by atoms with van der Waals surface area (Å²) < 4.78 is 83.9. The molecule has 0 saturated heterocycles. The first kappa shape index (κ1) is 24.6. The summed E-state index contributed by atoms with van der Waals surface area (Å²) in [5.74, 6) is -0.857. The molecule has 0 heterocycles. The largest absolute Gasteiger partial charge is 0.598 e. The fourth-order valence-corrected chi connectivity index (χ4v) is 3.30. The Hall–Kier alpha value is -1.39. The molecule has 0 aliphatic carbocycles. The molecule has 0 fully saturated rings. The predicted octanol–water partition coefficient (Wildman–Crippen LogP) is 4.22. The van der Waals surface area contributed by atoms with Crippen LogP contribution in [0, 0.1) is 12.7 Å². The van der Waals surface area contributed by atoms with Crippen molar-refractivity contribution in [2.24, 2.45) is 5.10 Å². The van der Waals surface area contributed by atoms with Crippen molar-refractivity contribution in [3.63, 3.8) is 0 Å². The highest BCUT2D eigenvalue weighted by Gasteiger charge is 2.49. The van der Waals surface area contributed by atoms with E-state index >= 15 is 0 Å². The molecule has 1 N–H and O–H groups in total. The van der Waals surface area contributed by atoms with Crippen LogP contribution in [-0.2, 0) is 16.9 Å². The molecule has 0 aromatic heterocycles. The maximum Gasteiger partial charge on any atom is 0.431 e. The number of alkyl halides is 4. The zero-order valence-corrected chi connectivity index (χ0v) is 17.6. The van der Waals surface area contributed by atoms with Gasteiger partial charge in [-0.3, -0.25) is 0 Å². The van der Waals surface area contributed by atoms with Crippen LogP contribution in [0.5, 0.6) is 0 Å². The predicted molar refractivity (Wildman–Crippen MR) is 102 cm³/mol.